The largest absolute Gasteiger partial charge is 0.398 e. The van der Waals surface area contributed by atoms with Crippen molar-refractivity contribution in [1.82, 2.24) is 0 Å². The molecule has 0 fully saturated rings. The van der Waals surface area contributed by atoms with Gasteiger partial charge in [-0.2, -0.15) is 0 Å². The molecule has 0 heterocycles. The first-order valence-electron chi connectivity index (χ1n) is 6.30. The van der Waals surface area contributed by atoms with Gasteiger partial charge in [-0.1, -0.05) is 49.2 Å². The van der Waals surface area contributed by atoms with Gasteiger partial charge in [-0.3, -0.25) is 4.79 Å². The Morgan fingerprint density at radius 2 is 1.74 bits per heavy atom. The number of rotatable bonds is 4. The fraction of sp³-hybridized carbons (Fsp3) is 0.188. The van der Waals surface area contributed by atoms with Crippen LogP contribution in [0.1, 0.15) is 34.8 Å². The summed E-state index contributed by atoms with van der Waals surface area (Å²) < 4.78 is 0. The highest BCUT2D eigenvalue weighted by atomic mass is 35.5. The topological polar surface area (TPSA) is 43.1 Å². The van der Waals surface area contributed by atoms with Gasteiger partial charge in [-0.05, 0) is 30.2 Å². The van der Waals surface area contributed by atoms with Crippen molar-refractivity contribution in [3.8, 4) is 0 Å². The number of nitrogens with two attached hydrogens (primary N) is 1. The smallest absolute Gasteiger partial charge is 0.193 e. The van der Waals surface area contributed by atoms with Crippen LogP contribution in [0.2, 0.25) is 5.02 Å². The molecule has 19 heavy (non-hydrogen) atoms. The van der Waals surface area contributed by atoms with Crippen molar-refractivity contribution in [2.45, 2.75) is 19.8 Å². The molecule has 98 valence electrons. The van der Waals surface area contributed by atoms with Gasteiger partial charge in [0, 0.05) is 11.1 Å². The zero-order chi connectivity index (χ0) is 13.8. The average Bonchev–Trinajstić information content (AvgIpc) is 2.42. The number of anilines is 1. The van der Waals surface area contributed by atoms with Gasteiger partial charge in [0.1, 0.15) is 0 Å². The Morgan fingerprint density at radius 1 is 1.11 bits per heavy atom. The number of hydrogen-bond donors (Lipinski definition) is 1. The molecule has 0 aromatic heterocycles. The van der Waals surface area contributed by atoms with Crippen molar-refractivity contribution in [2.24, 2.45) is 0 Å². The molecule has 0 aliphatic rings. The van der Waals surface area contributed by atoms with E-state index in [4.69, 9.17) is 17.3 Å². The van der Waals surface area contributed by atoms with Crippen LogP contribution in [0.4, 0.5) is 5.69 Å². The molecule has 2 aromatic carbocycles. The number of hydrogen-bond acceptors (Lipinski definition) is 2. The standard InChI is InChI=1S/C16H16ClNO/c1-2-3-11-4-6-12(7-5-11)16(19)13-8-9-15(18)14(17)10-13/h4-10H,2-3,18H2,1H3. The van der Waals surface area contributed by atoms with Crippen LogP contribution in [-0.4, -0.2) is 5.78 Å². The minimum Gasteiger partial charge on any atom is -0.398 e. The second-order valence-corrected chi connectivity index (χ2v) is 4.92. The Kier molecular flexibility index (Phi) is 4.23. The Morgan fingerprint density at radius 3 is 2.32 bits per heavy atom. The van der Waals surface area contributed by atoms with Gasteiger partial charge in [-0.15, -0.1) is 0 Å². The molecule has 0 spiro atoms. The Labute approximate surface area is 118 Å². The van der Waals surface area contributed by atoms with E-state index in [1.165, 1.54) is 5.56 Å². The fourth-order valence-corrected chi connectivity index (χ4v) is 2.13. The molecule has 2 rings (SSSR count). The zero-order valence-corrected chi connectivity index (χ0v) is 11.6. The molecule has 0 saturated heterocycles. The SMILES string of the molecule is CCCc1ccc(C(=O)c2ccc(N)c(Cl)c2)cc1. The normalized spacial score (nSPS) is 10.4. The molecule has 0 radical (unpaired) electrons. The predicted molar refractivity (Wildman–Crippen MR) is 79.7 cm³/mol. The first-order chi connectivity index (χ1) is 9.11. The van der Waals surface area contributed by atoms with Gasteiger partial charge in [-0.25, -0.2) is 0 Å². The molecule has 0 atom stereocenters. The van der Waals surface area contributed by atoms with E-state index in [0.29, 0.717) is 21.8 Å². The molecule has 2 nitrogen and oxygen atoms in total. The Balaban J connectivity index is 2.25. The monoisotopic (exact) mass is 273 g/mol. The highest BCUT2D eigenvalue weighted by Crippen LogP contribution is 2.21. The van der Waals surface area contributed by atoms with Crippen molar-refractivity contribution in [1.29, 1.82) is 0 Å². The number of carbonyl (C=O) groups excluding carboxylic acids is 1. The molecule has 0 amide bonds. The fourth-order valence-electron chi connectivity index (χ4n) is 1.95. The Hall–Kier alpha value is -1.80. The van der Waals surface area contributed by atoms with E-state index >= 15 is 0 Å². The van der Waals surface area contributed by atoms with E-state index in [2.05, 4.69) is 6.92 Å². The molecule has 2 aromatic rings. The number of benzene rings is 2. The molecular formula is C16H16ClNO. The zero-order valence-electron chi connectivity index (χ0n) is 10.8. The summed E-state index contributed by atoms with van der Waals surface area (Å²) in [6.45, 7) is 2.13. The lowest BCUT2D eigenvalue weighted by Gasteiger charge is -2.05. The van der Waals surface area contributed by atoms with E-state index in [-0.39, 0.29) is 5.78 Å². The minimum atomic E-state index is -0.0371. The molecule has 0 saturated carbocycles. The van der Waals surface area contributed by atoms with Crippen LogP contribution in [0.5, 0.6) is 0 Å². The quantitative estimate of drug-likeness (QED) is 0.673. The van der Waals surface area contributed by atoms with Crippen LogP contribution in [0.3, 0.4) is 0 Å². The summed E-state index contributed by atoms with van der Waals surface area (Å²) in [5, 5.41) is 0.411. The summed E-state index contributed by atoms with van der Waals surface area (Å²) in [5.74, 6) is -0.0371. The summed E-state index contributed by atoms with van der Waals surface area (Å²) in [6.07, 6.45) is 2.13. The van der Waals surface area contributed by atoms with Crippen LogP contribution in [-0.2, 0) is 6.42 Å². The van der Waals surface area contributed by atoms with E-state index in [0.717, 1.165) is 12.8 Å². The highest BCUT2D eigenvalue weighted by molar-refractivity contribution is 6.33. The third kappa shape index (κ3) is 3.15. The first kappa shape index (κ1) is 13.6. The van der Waals surface area contributed by atoms with Crippen molar-refractivity contribution >= 4 is 23.1 Å². The maximum atomic E-state index is 12.3. The Bertz CT molecular complexity index is 590. The summed E-state index contributed by atoms with van der Waals surface area (Å²) in [6, 6.07) is 12.7. The van der Waals surface area contributed by atoms with Crippen LogP contribution in [0.25, 0.3) is 0 Å². The van der Waals surface area contributed by atoms with Gasteiger partial charge in [0.05, 0.1) is 10.7 Å². The summed E-state index contributed by atoms with van der Waals surface area (Å²) in [5.41, 5.74) is 8.59. The second kappa shape index (κ2) is 5.89. The van der Waals surface area contributed by atoms with Crippen molar-refractivity contribution in [3.05, 3.63) is 64.2 Å². The molecular weight excluding hydrogens is 258 g/mol. The van der Waals surface area contributed by atoms with Crippen LogP contribution in [0, 0.1) is 0 Å². The summed E-state index contributed by atoms with van der Waals surface area (Å²) in [4.78, 5) is 12.3. The van der Waals surface area contributed by atoms with E-state index in [9.17, 15) is 4.79 Å². The first-order valence-corrected chi connectivity index (χ1v) is 6.68. The summed E-state index contributed by atoms with van der Waals surface area (Å²) >= 11 is 5.93. The number of ketones is 1. The van der Waals surface area contributed by atoms with Gasteiger partial charge in [0.25, 0.3) is 0 Å². The lowest BCUT2D eigenvalue weighted by atomic mass is 10.0. The average molecular weight is 274 g/mol. The van der Waals surface area contributed by atoms with Gasteiger partial charge in [0.2, 0.25) is 0 Å². The lowest BCUT2D eigenvalue weighted by Crippen LogP contribution is -2.02. The van der Waals surface area contributed by atoms with Crippen LogP contribution < -0.4 is 5.73 Å². The van der Waals surface area contributed by atoms with E-state index < -0.39 is 0 Å². The van der Waals surface area contributed by atoms with E-state index in [1.807, 2.05) is 24.3 Å². The molecule has 0 unspecified atom stereocenters. The molecule has 2 N–H and O–H groups in total. The third-order valence-corrected chi connectivity index (χ3v) is 3.34. The minimum absolute atomic E-state index is 0.0371. The molecule has 0 aliphatic carbocycles. The maximum Gasteiger partial charge on any atom is 0.193 e. The van der Waals surface area contributed by atoms with Crippen molar-refractivity contribution < 1.29 is 4.79 Å². The maximum absolute atomic E-state index is 12.3. The molecule has 3 heteroatoms. The van der Waals surface area contributed by atoms with Gasteiger partial charge < -0.3 is 5.73 Å². The van der Waals surface area contributed by atoms with E-state index in [1.54, 1.807) is 18.2 Å². The third-order valence-electron chi connectivity index (χ3n) is 3.02. The highest BCUT2D eigenvalue weighted by Gasteiger charge is 2.10. The second-order valence-electron chi connectivity index (χ2n) is 4.51. The summed E-state index contributed by atoms with van der Waals surface area (Å²) in [7, 11) is 0. The number of carbonyl (C=O) groups is 1. The number of aryl methyl sites for hydroxylation is 1. The van der Waals surface area contributed by atoms with Crippen molar-refractivity contribution in [3.63, 3.8) is 0 Å². The van der Waals surface area contributed by atoms with Gasteiger partial charge in [0.15, 0.2) is 5.78 Å². The predicted octanol–water partition coefficient (Wildman–Crippen LogP) is 4.11. The van der Waals surface area contributed by atoms with Gasteiger partial charge >= 0.3 is 0 Å². The van der Waals surface area contributed by atoms with Crippen LogP contribution >= 0.6 is 11.6 Å². The van der Waals surface area contributed by atoms with Crippen molar-refractivity contribution in [2.75, 3.05) is 5.73 Å². The lowest BCUT2D eigenvalue weighted by molar-refractivity contribution is 0.103. The van der Waals surface area contributed by atoms with Crippen LogP contribution in [0.15, 0.2) is 42.5 Å². The number of halogens is 1. The molecule has 0 bridgehead atoms. The number of nitrogen functional groups attached to an aromatic ring is 1. The molecule has 0 aliphatic heterocycles.